The molecule has 34 heavy (non-hydrogen) atoms. The van der Waals surface area contributed by atoms with E-state index in [2.05, 4.69) is 10.3 Å². The molecule has 4 rings (SSSR count). The first-order valence-corrected chi connectivity index (χ1v) is 12.3. The number of hydrogen-bond donors (Lipinski definition) is 1. The predicted octanol–water partition coefficient (Wildman–Crippen LogP) is 5.88. The van der Waals surface area contributed by atoms with E-state index in [0.717, 1.165) is 48.1 Å². The van der Waals surface area contributed by atoms with E-state index in [1.807, 2.05) is 50.2 Å². The molecule has 1 aliphatic rings. The van der Waals surface area contributed by atoms with Crippen molar-refractivity contribution in [2.24, 2.45) is 4.99 Å². The lowest BCUT2D eigenvalue weighted by Crippen LogP contribution is -2.20. The summed E-state index contributed by atoms with van der Waals surface area (Å²) in [7, 11) is 0. The summed E-state index contributed by atoms with van der Waals surface area (Å²) in [6.45, 7) is 4.05. The van der Waals surface area contributed by atoms with Crippen LogP contribution in [0.25, 0.3) is 0 Å². The Balaban J connectivity index is 1.39. The van der Waals surface area contributed by atoms with Gasteiger partial charge >= 0.3 is 5.97 Å². The average Bonchev–Trinajstić information content (AvgIpc) is 3.21. The summed E-state index contributed by atoms with van der Waals surface area (Å²) in [5, 5.41) is 3.53. The normalized spacial score (nSPS) is 12.9. The molecule has 0 bridgehead atoms. The Morgan fingerprint density at radius 3 is 2.68 bits per heavy atom. The summed E-state index contributed by atoms with van der Waals surface area (Å²) >= 11 is 1.58. The van der Waals surface area contributed by atoms with Gasteiger partial charge in [0.2, 0.25) is 0 Å². The molecule has 1 N–H and O–H groups in total. The average molecular weight is 477 g/mol. The fourth-order valence-electron chi connectivity index (χ4n) is 3.91. The highest BCUT2D eigenvalue weighted by Gasteiger charge is 2.26. The molecule has 0 fully saturated rings. The van der Waals surface area contributed by atoms with Gasteiger partial charge in [-0.25, -0.2) is 9.79 Å². The number of hydrogen-bond acceptors (Lipinski definition) is 6. The maximum atomic E-state index is 12.6. The number of anilines is 1. The van der Waals surface area contributed by atoms with E-state index in [0.29, 0.717) is 22.9 Å². The lowest BCUT2D eigenvalue weighted by atomic mass is 9.95. The van der Waals surface area contributed by atoms with Crippen molar-refractivity contribution in [3.8, 4) is 5.75 Å². The van der Waals surface area contributed by atoms with Gasteiger partial charge in [0.1, 0.15) is 10.8 Å². The molecule has 0 atom stereocenters. The molecule has 0 aliphatic heterocycles. The van der Waals surface area contributed by atoms with Gasteiger partial charge in [0.05, 0.1) is 12.2 Å². The SMILES string of the molecule is CCOC(=O)c1c(N=Cc2ccc(OCC(=O)Nc3cccc(C)c3)cc2)sc2c1CCCC2. The molecular weight excluding hydrogens is 448 g/mol. The van der Waals surface area contributed by atoms with Crippen LogP contribution in [0.1, 0.15) is 51.7 Å². The monoisotopic (exact) mass is 476 g/mol. The second-order valence-electron chi connectivity index (χ2n) is 8.15. The Morgan fingerprint density at radius 2 is 1.91 bits per heavy atom. The lowest BCUT2D eigenvalue weighted by molar-refractivity contribution is -0.118. The van der Waals surface area contributed by atoms with Crippen LogP contribution in [0.2, 0.25) is 0 Å². The quantitative estimate of drug-likeness (QED) is 0.325. The molecule has 1 amide bonds. The molecule has 7 heteroatoms. The topological polar surface area (TPSA) is 77.0 Å². The fraction of sp³-hybridized carbons (Fsp3) is 0.296. The first-order chi connectivity index (χ1) is 16.5. The van der Waals surface area contributed by atoms with Gasteiger partial charge in [0.15, 0.2) is 6.61 Å². The molecule has 1 aromatic heterocycles. The van der Waals surface area contributed by atoms with Gasteiger partial charge < -0.3 is 14.8 Å². The van der Waals surface area contributed by atoms with Crippen LogP contribution in [0.4, 0.5) is 10.7 Å². The minimum absolute atomic E-state index is 0.0783. The smallest absolute Gasteiger partial charge is 0.341 e. The third-order valence-corrected chi connectivity index (χ3v) is 6.71. The van der Waals surface area contributed by atoms with Gasteiger partial charge in [-0.1, -0.05) is 12.1 Å². The zero-order valence-corrected chi connectivity index (χ0v) is 20.2. The third-order valence-electron chi connectivity index (χ3n) is 5.52. The van der Waals surface area contributed by atoms with Crippen LogP contribution < -0.4 is 10.1 Å². The zero-order chi connectivity index (χ0) is 23.9. The Morgan fingerprint density at radius 1 is 1.12 bits per heavy atom. The van der Waals surface area contributed by atoms with E-state index in [9.17, 15) is 9.59 Å². The molecule has 0 spiro atoms. The van der Waals surface area contributed by atoms with Gasteiger partial charge in [-0.3, -0.25) is 4.79 Å². The van der Waals surface area contributed by atoms with Crippen molar-refractivity contribution < 1.29 is 19.1 Å². The first kappa shape index (κ1) is 23.7. The molecule has 2 aromatic carbocycles. The molecular formula is C27H28N2O4S. The van der Waals surface area contributed by atoms with Crippen molar-refractivity contribution in [1.82, 2.24) is 0 Å². The van der Waals surface area contributed by atoms with Gasteiger partial charge in [-0.2, -0.15) is 0 Å². The van der Waals surface area contributed by atoms with Crippen molar-refractivity contribution in [2.75, 3.05) is 18.5 Å². The minimum atomic E-state index is -0.290. The molecule has 6 nitrogen and oxygen atoms in total. The van der Waals surface area contributed by atoms with Crippen LogP contribution >= 0.6 is 11.3 Å². The van der Waals surface area contributed by atoms with E-state index >= 15 is 0 Å². The molecule has 0 unspecified atom stereocenters. The van der Waals surface area contributed by atoms with Gasteiger partial charge in [-0.05, 0) is 92.6 Å². The Bertz CT molecular complexity index is 1200. The predicted molar refractivity (Wildman–Crippen MR) is 136 cm³/mol. The number of ether oxygens (including phenoxy) is 2. The number of thiophene rings is 1. The maximum absolute atomic E-state index is 12.6. The number of aliphatic imine (C=N–C) groups is 1. The molecule has 176 valence electrons. The van der Waals surface area contributed by atoms with Crippen LogP contribution in [0.15, 0.2) is 53.5 Å². The van der Waals surface area contributed by atoms with Crippen molar-refractivity contribution in [3.05, 3.63) is 75.7 Å². The fourth-order valence-corrected chi connectivity index (χ4v) is 5.13. The molecule has 1 heterocycles. The maximum Gasteiger partial charge on any atom is 0.341 e. The van der Waals surface area contributed by atoms with Crippen LogP contribution in [0.3, 0.4) is 0 Å². The van der Waals surface area contributed by atoms with Crippen LogP contribution in [0, 0.1) is 6.92 Å². The van der Waals surface area contributed by atoms with Crippen LogP contribution in [-0.4, -0.2) is 31.3 Å². The molecule has 3 aromatic rings. The summed E-state index contributed by atoms with van der Waals surface area (Å²) in [6.07, 6.45) is 5.87. The minimum Gasteiger partial charge on any atom is -0.484 e. The number of aryl methyl sites for hydroxylation is 2. The van der Waals surface area contributed by atoms with Crippen LogP contribution in [0.5, 0.6) is 5.75 Å². The molecule has 0 saturated heterocycles. The number of carbonyl (C=O) groups excluding carboxylic acids is 2. The number of carbonyl (C=O) groups is 2. The number of amides is 1. The van der Waals surface area contributed by atoms with E-state index < -0.39 is 0 Å². The third kappa shape index (κ3) is 5.91. The van der Waals surface area contributed by atoms with Gasteiger partial charge in [-0.15, -0.1) is 11.3 Å². The highest BCUT2D eigenvalue weighted by atomic mass is 32.1. The number of fused-ring (bicyclic) bond motifs is 1. The van der Waals surface area contributed by atoms with E-state index in [1.165, 1.54) is 4.88 Å². The van der Waals surface area contributed by atoms with Crippen molar-refractivity contribution in [1.29, 1.82) is 0 Å². The first-order valence-electron chi connectivity index (χ1n) is 11.5. The Kier molecular flexibility index (Phi) is 7.75. The Hall–Kier alpha value is -3.45. The van der Waals surface area contributed by atoms with Gasteiger partial charge in [0.25, 0.3) is 5.91 Å². The second-order valence-corrected chi connectivity index (χ2v) is 9.23. The summed E-state index contributed by atoms with van der Waals surface area (Å²) in [4.78, 5) is 30.6. The molecule has 0 radical (unpaired) electrons. The van der Waals surface area contributed by atoms with E-state index in [1.54, 1.807) is 29.7 Å². The summed E-state index contributed by atoms with van der Waals surface area (Å²) in [5.41, 5.74) is 4.43. The Labute approximate surface area is 203 Å². The summed E-state index contributed by atoms with van der Waals surface area (Å²) < 4.78 is 10.9. The largest absolute Gasteiger partial charge is 0.484 e. The highest BCUT2D eigenvalue weighted by Crippen LogP contribution is 2.40. The summed E-state index contributed by atoms with van der Waals surface area (Å²) in [6, 6.07) is 15.0. The standard InChI is InChI=1S/C27H28N2O4S/c1-3-32-27(31)25-22-9-4-5-10-23(22)34-26(25)28-16-19-11-13-21(14-12-19)33-17-24(30)29-20-8-6-7-18(2)15-20/h6-8,11-16H,3-5,9-10,17H2,1-2H3,(H,29,30). The highest BCUT2D eigenvalue weighted by molar-refractivity contribution is 7.16. The number of nitrogens with one attached hydrogen (secondary N) is 1. The van der Waals surface area contributed by atoms with Crippen molar-refractivity contribution in [2.45, 2.75) is 39.5 Å². The lowest BCUT2D eigenvalue weighted by Gasteiger charge is -2.11. The number of nitrogens with zero attached hydrogens (tertiary/aromatic N) is 1. The molecule has 1 aliphatic carbocycles. The van der Waals surface area contributed by atoms with E-state index in [-0.39, 0.29) is 18.5 Å². The summed E-state index contributed by atoms with van der Waals surface area (Å²) in [5.74, 6) is 0.0847. The zero-order valence-electron chi connectivity index (χ0n) is 19.4. The second kappa shape index (κ2) is 11.1. The van der Waals surface area contributed by atoms with E-state index in [4.69, 9.17) is 9.47 Å². The number of esters is 1. The van der Waals surface area contributed by atoms with Crippen LogP contribution in [-0.2, 0) is 22.4 Å². The van der Waals surface area contributed by atoms with Crippen molar-refractivity contribution in [3.63, 3.8) is 0 Å². The number of benzene rings is 2. The van der Waals surface area contributed by atoms with Crippen molar-refractivity contribution >= 4 is 40.1 Å². The van der Waals surface area contributed by atoms with Gasteiger partial charge in [0, 0.05) is 16.8 Å². The number of rotatable bonds is 8. The molecule has 0 saturated carbocycles.